The van der Waals surface area contributed by atoms with Crippen LogP contribution in [0.3, 0.4) is 0 Å². The Morgan fingerprint density at radius 1 is 0.812 bits per heavy atom. The number of aliphatic hydroxyl groups is 1. The standard InChI is InChI=1S/C38H41N3O6S/c1-25(43)35(20-27-6-4-3-5-7-27)41-38(45)39-22-28-8-14-31(15-9-28)37-46-33(21-36(47-37)30-12-10-29(23-42)11-13-30)24-48-34-18-16-32(17-19-34)40-26(2)44/h3-19,33,35-37,42H,20-24H2,1-2H3,(H,40,44)(H2,39,41,45). The van der Waals surface area contributed by atoms with Gasteiger partial charge in [0.2, 0.25) is 5.91 Å². The quantitative estimate of drug-likeness (QED) is 0.120. The zero-order valence-electron chi connectivity index (χ0n) is 27.1. The molecule has 1 saturated heterocycles. The molecule has 0 bridgehead atoms. The van der Waals surface area contributed by atoms with Crippen molar-refractivity contribution in [1.82, 2.24) is 10.6 Å². The number of nitrogens with one attached hydrogen (secondary N) is 3. The summed E-state index contributed by atoms with van der Waals surface area (Å²) in [5.74, 6) is 0.486. The van der Waals surface area contributed by atoms with Crippen LogP contribution in [0, 0.1) is 0 Å². The van der Waals surface area contributed by atoms with E-state index in [4.69, 9.17) is 9.47 Å². The number of thioether (sulfide) groups is 1. The normalized spacial score (nSPS) is 18.0. The first kappa shape index (κ1) is 34.8. The third kappa shape index (κ3) is 10.3. The average Bonchev–Trinajstić information content (AvgIpc) is 3.10. The van der Waals surface area contributed by atoms with Gasteiger partial charge in [-0.3, -0.25) is 9.59 Å². The molecule has 0 spiro atoms. The van der Waals surface area contributed by atoms with Crippen molar-refractivity contribution in [3.63, 3.8) is 0 Å². The maximum absolute atomic E-state index is 12.7. The number of carbonyl (C=O) groups excluding carboxylic acids is 3. The topological polar surface area (TPSA) is 126 Å². The molecule has 48 heavy (non-hydrogen) atoms. The highest BCUT2D eigenvalue weighted by Crippen LogP contribution is 2.39. The van der Waals surface area contributed by atoms with Crippen LogP contribution in [0.4, 0.5) is 10.5 Å². The predicted octanol–water partition coefficient (Wildman–Crippen LogP) is 6.47. The van der Waals surface area contributed by atoms with Crippen LogP contribution in [0.5, 0.6) is 0 Å². The Morgan fingerprint density at radius 3 is 2.12 bits per heavy atom. The molecule has 4 unspecified atom stereocenters. The lowest BCUT2D eigenvalue weighted by molar-refractivity contribution is -0.245. The molecule has 3 amide bonds. The van der Waals surface area contributed by atoms with Gasteiger partial charge < -0.3 is 30.5 Å². The maximum atomic E-state index is 12.7. The van der Waals surface area contributed by atoms with E-state index in [0.717, 1.165) is 38.4 Å². The van der Waals surface area contributed by atoms with Crippen molar-refractivity contribution in [2.24, 2.45) is 0 Å². The number of anilines is 1. The lowest BCUT2D eigenvalue weighted by Gasteiger charge is -2.36. The summed E-state index contributed by atoms with van der Waals surface area (Å²) in [6, 6.07) is 31.8. The van der Waals surface area contributed by atoms with Crippen LogP contribution in [0.2, 0.25) is 0 Å². The van der Waals surface area contributed by atoms with Crippen molar-refractivity contribution in [3.8, 4) is 0 Å². The molecule has 0 aliphatic carbocycles. The molecular weight excluding hydrogens is 627 g/mol. The monoisotopic (exact) mass is 667 g/mol. The van der Waals surface area contributed by atoms with Gasteiger partial charge in [-0.1, -0.05) is 78.9 Å². The van der Waals surface area contributed by atoms with Gasteiger partial charge in [0.05, 0.1) is 24.9 Å². The molecular formula is C38H41N3O6S. The third-order valence-electron chi connectivity index (χ3n) is 8.01. The second-order valence-electron chi connectivity index (χ2n) is 11.8. The van der Waals surface area contributed by atoms with Crippen LogP contribution in [-0.4, -0.2) is 40.7 Å². The number of Topliss-reactive ketones (excluding diaryl/α,β-unsaturated/α-hetero) is 1. The summed E-state index contributed by atoms with van der Waals surface area (Å²) >= 11 is 1.68. The second-order valence-corrected chi connectivity index (χ2v) is 12.9. The van der Waals surface area contributed by atoms with Gasteiger partial charge >= 0.3 is 6.03 Å². The van der Waals surface area contributed by atoms with Gasteiger partial charge in [0.1, 0.15) is 0 Å². The average molecular weight is 668 g/mol. The molecule has 1 aliphatic heterocycles. The summed E-state index contributed by atoms with van der Waals surface area (Å²) < 4.78 is 12.9. The molecule has 4 aromatic rings. The van der Waals surface area contributed by atoms with Crippen molar-refractivity contribution in [2.75, 3.05) is 11.1 Å². The van der Waals surface area contributed by atoms with E-state index in [1.807, 2.05) is 103 Å². The second kappa shape index (κ2) is 17.1. The predicted molar refractivity (Wildman–Crippen MR) is 186 cm³/mol. The molecule has 10 heteroatoms. The van der Waals surface area contributed by atoms with Crippen molar-refractivity contribution in [2.45, 2.75) is 69.3 Å². The number of carbonyl (C=O) groups is 3. The Morgan fingerprint density at radius 2 is 1.48 bits per heavy atom. The minimum Gasteiger partial charge on any atom is -0.392 e. The van der Waals surface area contributed by atoms with Gasteiger partial charge in [0.25, 0.3) is 0 Å². The summed E-state index contributed by atoms with van der Waals surface area (Å²) in [5.41, 5.74) is 5.32. The van der Waals surface area contributed by atoms with Crippen LogP contribution in [0.1, 0.15) is 60.5 Å². The van der Waals surface area contributed by atoms with Crippen molar-refractivity contribution >= 4 is 35.2 Å². The van der Waals surface area contributed by atoms with Gasteiger partial charge in [-0.05, 0) is 59.9 Å². The number of rotatable bonds is 13. The van der Waals surface area contributed by atoms with Crippen LogP contribution in [0.15, 0.2) is 108 Å². The Labute approximate surface area is 285 Å². The van der Waals surface area contributed by atoms with Crippen LogP contribution < -0.4 is 16.0 Å². The van der Waals surface area contributed by atoms with Crippen LogP contribution in [-0.2, 0) is 38.6 Å². The molecule has 9 nitrogen and oxygen atoms in total. The minimum absolute atomic E-state index is 0.0224. The van der Waals surface area contributed by atoms with E-state index < -0.39 is 18.4 Å². The van der Waals surface area contributed by atoms with Crippen molar-refractivity contribution in [1.29, 1.82) is 0 Å². The molecule has 5 rings (SSSR count). The zero-order chi connectivity index (χ0) is 33.9. The lowest BCUT2D eigenvalue weighted by atomic mass is 10.0. The Bertz CT molecular complexity index is 1650. The molecule has 4 N–H and O–H groups in total. The first-order chi connectivity index (χ1) is 23.2. The molecule has 0 aromatic heterocycles. The highest BCUT2D eigenvalue weighted by molar-refractivity contribution is 7.99. The SMILES string of the molecule is CC(=O)Nc1ccc(SCC2CC(c3ccc(CO)cc3)OC(c3ccc(CNC(=O)NC(Cc4ccccc4)C(C)=O)cc3)O2)cc1. The summed E-state index contributed by atoms with van der Waals surface area (Å²) in [6.45, 7) is 3.23. The maximum Gasteiger partial charge on any atom is 0.315 e. The summed E-state index contributed by atoms with van der Waals surface area (Å²) in [6.07, 6.45) is 0.167. The smallest absolute Gasteiger partial charge is 0.315 e. The van der Waals surface area contributed by atoms with E-state index in [0.29, 0.717) is 18.6 Å². The lowest BCUT2D eigenvalue weighted by Crippen LogP contribution is -2.46. The van der Waals surface area contributed by atoms with Crippen LogP contribution in [0.25, 0.3) is 0 Å². The van der Waals surface area contributed by atoms with E-state index in [2.05, 4.69) is 16.0 Å². The number of hydrogen-bond acceptors (Lipinski definition) is 7. The van der Waals surface area contributed by atoms with Crippen molar-refractivity contribution in [3.05, 3.63) is 131 Å². The first-order valence-corrected chi connectivity index (χ1v) is 16.9. The summed E-state index contributed by atoms with van der Waals surface area (Å²) in [5, 5.41) is 17.9. The highest BCUT2D eigenvalue weighted by Gasteiger charge is 2.32. The molecule has 1 aliphatic rings. The molecule has 1 heterocycles. The largest absolute Gasteiger partial charge is 0.392 e. The molecule has 0 radical (unpaired) electrons. The number of ketones is 1. The fourth-order valence-electron chi connectivity index (χ4n) is 5.38. The van der Waals surface area contributed by atoms with E-state index in [-0.39, 0.29) is 37.0 Å². The van der Waals surface area contributed by atoms with E-state index >= 15 is 0 Å². The summed E-state index contributed by atoms with van der Waals surface area (Å²) in [4.78, 5) is 37.3. The van der Waals surface area contributed by atoms with Gasteiger partial charge in [-0.15, -0.1) is 11.8 Å². The molecule has 0 saturated carbocycles. The Balaban J connectivity index is 1.21. The Kier molecular flexibility index (Phi) is 12.4. The molecule has 4 aromatic carbocycles. The van der Waals surface area contributed by atoms with Gasteiger partial charge in [0, 0.05) is 41.8 Å². The fraction of sp³-hybridized carbons (Fsp3) is 0.289. The van der Waals surface area contributed by atoms with Crippen LogP contribution >= 0.6 is 11.8 Å². The Hall–Kier alpha value is -4.48. The number of hydrogen-bond donors (Lipinski definition) is 4. The molecule has 1 fully saturated rings. The van der Waals surface area contributed by atoms with E-state index in [1.165, 1.54) is 13.8 Å². The molecule has 4 atom stereocenters. The van der Waals surface area contributed by atoms with Crippen molar-refractivity contribution < 1.29 is 29.0 Å². The van der Waals surface area contributed by atoms with Gasteiger partial charge in [0.15, 0.2) is 12.1 Å². The zero-order valence-corrected chi connectivity index (χ0v) is 27.9. The minimum atomic E-state index is -0.614. The number of amides is 3. The van der Waals surface area contributed by atoms with Gasteiger partial charge in [-0.2, -0.15) is 0 Å². The van der Waals surface area contributed by atoms with E-state index in [1.54, 1.807) is 11.8 Å². The number of aliphatic hydroxyl groups excluding tert-OH is 1. The third-order valence-corrected chi connectivity index (χ3v) is 9.15. The number of urea groups is 1. The fourth-order valence-corrected chi connectivity index (χ4v) is 6.30. The number of benzene rings is 4. The van der Waals surface area contributed by atoms with E-state index in [9.17, 15) is 19.5 Å². The highest BCUT2D eigenvalue weighted by atomic mass is 32.2. The summed E-state index contributed by atoms with van der Waals surface area (Å²) in [7, 11) is 0. The first-order valence-electron chi connectivity index (χ1n) is 15.9. The van der Waals surface area contributed by atoms with Gasteiger partial charge in [-0.25, -0.2) is 4.79 Å². The molecule has 250 valence electrons. The number of ether oxygens (including phenoxy) is 2.